The molecule has 0 spiro atoms. The van der Waals surface area contributed by atoms with E-state index in [9.17, 15) is 0 Å². The van der Waals surface area contributed by atoms with Gasteiger partial charge in [0.05, 0.1) is 12.8 Å². The molecule has 1 heterocycles. The molecule has 0 fully saturated rings. The zero-order chi connectivity index (χ0) is 14.5. The first kappa shape index (κ1) is 14.1. The van der Waals surface area contributed by atoms with E-state index in [1.165, 1.54) is 36.1 Å². The molecule has 0 saturated heterocycles. The van der Waals surface area contributed by atoms with Crippen molar-refractivity contribution >= 4 is 0 Å². The molecule has 1 unspecified atom stereocenters. The zero-order valence-electron chi connectivity index (χ0n) is 12.5. The molecule has 3 rings (SSSR count). The van der Waals surface area contributed by atoms with Gasteiger partial charge in [-0.15, -0.1) is 0 Å². The lowest BCUT2D eigenvalue weighted by atomic mass is 9.92. The summed E-state index contributed by atoms with van der Waals surface area (Å²) >= 11 is 0. The number of ether oxygens (including phenoxy) is 1. The van der Waals surface area contributed by atoms with Crippen molar-refractivity contribution in [3.63, 3.8) is 0 Å². The number of benzene rings is 1. The van der Waals surface area contributed by atoms with E-state index in [-0.39, 0.29) is 0 Å². The highest BCUT2D eigenvalue weighted by atomic mass is 16.5. The van der Waals surface area contributed by atoms with Crippen LogP contribution in [0.25, 0.3) is 0 Å². The van der Waals surface area contributed by atoms with Gasteiger partial charge in [0.1, 0.15) is 5.75 Å². The van der Waals surface area contributed by atoms with Crippen LogP contribution < -0.4 is 10.1 Å². The first-order chi connectivity index (χ1) is 10.4. The van der Waals surface area contributed by atoms with Gasteiger partial charge in [-0.1, -0.05) is 18.2 Å². The highest BCUT2D eigenvalue weighted by molar-refractivity contribution is 5.28. The average Bonchev–Trinajstić information content (AvgIpc) is 2.56. The third-order valence-electron chi connectivity index (χ3n) is 4.16. The van der Waals surface area contributed by atoms with Crippen LogP contribution in [0.5, 0.6) is 5.75 Å². The van der Waals surface area contributed by atoms with Gasteiger partial charge in [0.25, 0.3) is 0 Å². The molecule has 21 heavy (non-hydrogen) atoms. The Morgan fingerprint density at radius 2 is 2.10 bits per heavy atom. The quantitative estimate of drug-likeness (QED) is 0.913. The molecule has 1 aliphatic carbocycles. The Balaban J connectivity index is 1.56. The van der Waals surface area contributed by atoms with Crippen molar-refractivity contribution in [2.24, 2.45) is 0 Å². The van der Waals surface area contributed by atoms with E-state index in [1.807, 2.05) is 24.4 Å². The number of aromatic nitrogens is 1. The molecule has 0 bridgehead atoms. The lowest BCUT2D eigenvalue weighted by molar-refractivity contribution is 0.414. The summed E-state index contributed by atoms with van der Waals surface area (Å²) in [6.07, 6.45) is 6.54. The summed E-state index contributed by atoms with van der Waals surface area (Å²) in [6, 6.07) is 13.0. The van der Waals surface area contributed by atoms with E-state index < -0.39 is 0 Å². The molecule has 0 saturated carbocycles. The molecular weight excluding hydrogens is 260 g/mol. The summed E-state index contributed by atoms with van der Waals surface area (Å²) in [7, 11) is 1.70. The third-order valence-corrected chi connectivity index (χ3v) is 4.16. The van der Waals surface area contributed by atoms with Crippen LogP contribution in [0.2, 0.25) is 0 Å². The maximum atomic E-state index is 5.18. The number of aryl methyl sites for hydroxylation is 1. The predicted molar refractivity (Wildman–Crippen MR) is 84.6 cm³/mol. The smallest absolute Gasteiger partial charge is 0.118 e. The lowest BCUT2D eigenvalue weighted by Gasteiger charge is -2.25. The molecule has 0 amide bonds. The van der Waals surface area contributed by atoms with Crippen molar-refractivity contribution in [2.75, 3.05) is 13.7 Å². The Labute approximate surface area is 126 Å². The molecule has 0 radical (unpaired) electrons. The first-order valence-corrected chi connectivity index (χ1v) is 7.67. The highest BCUT2D eigenvalue weighted by Crippen LogP contribution is 2.27. The number of hydrogen-bond donors (Lipinski definition) is 1. The molecule has 1 atom stereocenters. The van der Waals surface area contributed by atoms with Gasteiger partial charge in [0, 0.05) is 12.2 Å². The second-order valence-electron chi connectivity index (χ2n) is 5.54. The summed E-state index contributed by atoms with van der Waals surface area (Å²) in [5.41, 5.74) is 3.99. The third kappa shape index (κ3) is 3.42. The van der Waals surface area contributed by atoms with Crippen molar-refractivity contribution in [3.8, 4) is 5.75 Å². The van der Waals surface area contributed by atoms with Crippen LogP contribution in [0.15, 0.2) is 42.6 Å². The summed E-state index contributed by atoms with van der Waals surface area (Å²) in [5.74, 6) is 0.914. The number of fused-ring (bicyclic) bond motifs is 1. The molecule has 1 N–H and O–H groups in total. The van der Waals surface area contributed by atoms with E-state index in [0.717, 1.165) is 18.7 Å². The fourth-order valence-corrected chi connectivity index (χ4v) is 2.99. The van der Waals surface area contributed by atoms with Crippen LogP contribution in [-0.4, -0.2) is 18.6 Å². The topological polar surface area (TPSA) is 34.1 Å². The van der Waals surface area contributed by atoms with Gasteiger partial charge in [-0.25, -0.2) is 0 Å². The van der Waals surface area contributed by atoms with Crippen LogP contribution in [0, 0.1) is 0 Å². The second-order valence-corrected chi connectivity index (χ2v) is 5.54. The predicted octanol–water partition coefficient (Wildman–Crippen LogP) is 3.30. The van der Waals surface area contributed by atoms with Gasteiger partial charge in [-0.3, -0.25) is 4.98 Å². The van der Waals surface area contributed by atoms with E-state index in [2.05, 4.69) is 28.5 Å². The van der Waals surface area contributed by atoms with Crippen molar-refractivity contribution in [3.05, 3.63) is 59.4 Å². The van der Waals surface area contributed by atoms with Crippen LogP contribution in [0.1, 0.15) is 35.7 Å². The number of hydrogen-bond acceptors (Lipinski definition) is 3. The zero-order valence-corrected chi connectivity index (χ0v) is 12.5. The molecule has 3 nitrogen and oxygen atoms in total. The van der Waals surface area contributed by atoms with E-state index >= 15 is 0 Å². The number of nitrogens with zero attached hydrogens (tertiary/aromatic N) is 1. The van der Waals surface area contributed by atoms with Crippen LogP contribution >= 0.6 is 0 Å². The van der Waals surface area contributed by atoms with Crippen molar-refractivity contribution in [1.82, 2.24) is 10.3 Å². The van der Waals surface area contributed by atoms with E-state index in [1.54, 1.807) is 7.11 Å². The molecule has 1 aliphatic rings. The largest absolute Gasteiger partial charge is 0.497 e. The minimum Gasteiger partial charge on any atom is -0.497 e. The van der Waals surface area contributed by atoms with Gasteiger partial charge in [-0.2, -0.15) is 0 Å². The number of nitrogens with one attached hydrogen (secondary N) is 1. The average molecular weight is 282 g/mol. The van der Waals surface area contributed by atoms with Crippen molar-refractivity contribution in [1.29, 1.82) is 0 Å². The fraction of sp³-hybridized carbons (Fsp3) is 0.389. The molecule has 3 heteroatoms. The Hall–Kier alpha value is -1.87. The lowest BCUT2D eigenvalue weighted by Crippen LogP contribution is -2.28. The van der Waals surface area contributed by atoms with Crippen molar-refractivity contribution < 1.29 is 4.74 Å². The molecule has 1 aromatic heterocycles. The van der Waals surface area contributed by atoms with E-state index in [0.29, 0.717) is 6.04 Å². The van der Waals surface area contributed by atoms with Crippen molar-refractivity contribution in [2.45, 2.75) is 31.7 Å². The highest BCUT2D eigenvalue weighted by Gasteiger charge is 2.20. The Morgan fingerprint density at radius 3 is 2.90 bits per heavy atom. The van der Waals surface area contributed by atoms with Gasteiger partial charge in [-0.05, 0) is 61.6 Å². The summed E-state index contributed by atoms with van der Waals surface area (Å²) in [5, 5.41) is 3.66. The van der Waals surface area contributed by atoms with Crippen LogP contribution in [0.4, 0.5) is 0 Å². The second kappa shape index (κ2) is 6.72. The van der Waals surface area contributed by atoms with Gasteiger partial charge in [0.15, 0.2) is 0 Å². The Bertz CT molecular complexity index is 580. The molecule has 0 aliphatic heterocycles. The number of methoxy groups -OCH3 is 1. The number of pyridine rings is 1. The standard InChI is InChI=1S/C18H22N2O/c1-21-16-9-7-14(8-10-16)11-13-19-17-6-2-4-15-5-3-12-20-18(15)17/h3,5,7-10,12,17,19H,2,4,6,11,13H2,1H3. The van der Waals surface area contributed by atoms with Gasteiger partial charge < -0.3 is 10.1 Å². The summed E-state index contributed by atoms with van der Waals surface area (Å²) < 4.78 is 5.18. The maximum Gasteiger partial charge on any atom is 0.118 e. The van der Waals surface area contributed by atoms with Gasteiger partial charge in [0.2, 0.25) is 0 Å². The molecule has 2 aromatic rings. The minimum atomic E-state index is 0.410. The van der Waals surface area contributed by atoms with Gasteiger partial charge >= 0.3 is 0 Å². The van der Waals surface area contributed by atoms with E-state index in [4.69, 9.17) is 4.74 Å². The van der Waals surface area contributed by atoms with Crippen LogP contribution in [0.3, 0.4) is 0 Å². The molecule has 1 aromatic carbocycles. The summed E-state index contributed by atoms with van der Waals surface area (Å²) in [6.45, 7) is 0.979. The normalized spacial score (nSPS) is 17.3. The first-order valence-electron chi connectivity index (χ1n) is 7.67. The minimum absolute atomic E-state index is 0.410. The Morgan fingerprint density at radius 1 is 1.24 bits per heavy atom. The number of rotatable bonds is 5. The SMILES string of the molecule is COc1ccc(CCNC2CCCc3cccnc32)cc1. The Kier molecular flexibility index (Phi) is 4.51. The molecule has 110 valence electrons. The summed E-state index contributed by atoms with van der Waals surface area (Å²) in [4.78, 5) is 4.57. The monoisotopic (exact) mass is 282 g/mol. The fourth-order valence-electron chi connectivity index (χ4n) is 2.99. The maximum absolute atomic E-state index is 5.18. The van der Waals surface area contributed by atoms with Crippen LogP contribution in [-0.2, 0) is 12.8 Å². The molecular formula is C18H22N2O.